The second kappa shape index (κ2) is 8.14. The summed E-state index contributed by atoms with van der Waals surface area (Å²) in [5.74, 6) is 0.126. The standard InChI is InChI=1S/C12H11BF3N2O.K/c14-13(15,16)11-6-12(9-18-8-11)19-5-3-10-2-1-4-17-7-10;/h1-2,4,6-9H,3,5H2;/q-1;+1. The maximum atomic E-state index is 12.5. The minimum Gasteiger partial charge on any atom is -0.492 e. The molecule has 0 aliphatic heterocycles. The zero-order valence-electron chi connectivity index (χ0n) is 11.0. The molecule has 0 spiro atoms. The quantitative estimate of drug-likeness (QED) is 0.676. The van der Waals surface area contributed by atoms with Crippen molar-refractivity contribution in [2.45, 2.75) is 6.42 Å². The maximum absolute atomic E-state index is 12.5. The van der Waals surface area contributed by atoms with E-state index in [4.69, 9.17) is 4.74 Å². The molecule has 0 unspecified atom stereocenters. The van der Waals surface area contributed by atoms with Crippen LogP contribution >= 0.6 is 0 Å². The van der Waals surface area contributed by atoms with E-state index in [-0.39, 0.29) is 63.7 Å². The number of halogens is 3. The molecule has 0 aromatic carbocycles. The summed E-state index contributed by atoms with van der Waals surface area (Å²) in [7, 11) is 0. The van der Waals surface area contributed by atoms with Crippen molar-refractivity contribution < 1.29 is 69.1 Å². The van der Waals surface area contributed by atoms with Gasteiger partial charge in [-0.25, -0.2) is 0 Å². The zero-order chi connectivity index (χ0) is 13.7. The van der Waals surface area contributed by atoms with Crippen LogP contribution in [0, 0.1) is 0 Å². The van der Waals surface area contributed by atoms with Crippen molar-refractivity contribution >= 4 is 12.4 Å². The third-order valence-corrected chi connectivity index (χ3v) is 2.49. The van der Waals surface area contributed by atoms with Crippen LogP contribution in [-0.4, -0.2) is 23.6 Å². The Morgan fingerprint density at radius 1 is 1.10 bits per heavy atom. The minimum atomic E-state index is -5.04. The molecule has 100 valence electrons. The zero-order valence-corrected chi connectivity index (χ0v) is 14.1. The number of nitrogens with zero attached hydrogens (tertiary/aromatic N) is 2. The van der Waals surface area contributed by atoms with Crippen molar-refractivity contribution in [1.29, 1.82) is 0 Å². The van der Waals surface area contributed by atoms with Crippen LogP contribution in [0.1, 0.15) is 5.56 Å². The molecular formula is C12H11BF3KN2O. The summed E-state index contributed by atoms with van der Waals surface area (Å²) in [6.45, 7) is -4.76. The van der Waals surface area contributed by atoms with Gasteiger partial charge in [0, 0.05) is 25.0 Å². The van der Waals surface area contributed by atoms with Crippen LogP contribution in [-0.2, 0) is 6.42 Å². The number of ether oxygens (including phenoxy) is 1. The van der Waals surface area contributed by atoms with Crippen molar-refractivity contribution in [3.8, 4) is 5.75 Å². The van der Waals surface area contributed by atoms with Gasteiger partial charge in [-0.1, -0.05) is 11.5 Å². The first kappa shape index (κ1) is 17.6. The summed E-state index contributed by atoms with van der Waals surface area (Å²) in [6.07, 6.45) is 6.00. The Morgan fingerprint density at radius 2 is 1.90 bits per heavy atom. The smallest absolute Gasteiger partial charge is 0.492 e. The van der Waals surface area contributed by atoms with Crippen molar-refractivity contribution in [1.82, 2.24) is 9.97 Å². The Bertz CT molecular complexity index is 540. The Hall–Kier alpha value is -0.409. The molecule has 0 radical (unpaired) electrons. The van der Waals surface area contributed by atoms with Gasteiger partial charge in [0.2, 0.25) is 0 Å². The van der Waals surface area contributed by atoms with Crippen LogP contribution < -0.4 is 61.6 Å². The topological polar surface area (TPSA) is 35.0 Å². The first-order valence-electron chi connectivity index (χ1n) is 5.72. The number of hydrogen-bond donors (Lipinski definition) is 0. The molecule has 0 saturated heterocycles. The van der Waals surface area contributed by atoms with Gasteiger partial charge in [0.15, 0.2) is 0 Å². The molecule has 0 saturated carbocycles. The predicted octanol–water partition coefficient (Wildman–Crippen LogP) is -0.844. The second-order valence-electron chi connectivity index (χ2n) is 3.99. The molecular weight excluding hydrogens is 295 g/mol. The molecule has 0 aliphatic rings. The molecule has 0 amide bonds. The summed E-state index contributed by atoms with van der Waals surface area (Å²) in [5.41, 5.74) is 0.213. The molecule has 0 fully saturated rings. The van der Waals surface area contributed by atoms with Crippen molar-refractivity contribution in [2.24, 2.45) is 0 Å². The van der Waals surface area contributed by atoms with Gasteiger partial charge in [0.1, 0.15) is 5.75 Å². The van der Waals surface area contributed by atoms with E-state index < -0.39 is 12.4 Å². The van der Waals surface area contributed by atoms with Crippen LogP contribution in [0.2, 0.25) is 0 Å². The molecule has 2 aromatic rings. The maximum Gasteiger partial charge on any atom is 1.00 e. The summed E-state index contributed by atoms with van der Waals surface area (Å²) < 4.78 is 42.8. The number of hydrogen-bond acceptors (Lipinski definition) is 3. The van der Waals surface area contributed by atoms with Gasteiger partial charge in [-0.15, -0.1) is 0 Å². The summed E-state index contributed by atoms with van der Waals surface area (Å²) in [6, 6.07) is 4.64. The summed E-state index contributed by atoms with van der Waals surface area (Å²) in [5, 5.41) is 0. The Labute approximate surface area is 157 Å². The van der Waals surface area contributed by atoms with Gasteiger partial charge in [0.25, 0.3) is 0 Å². The van der Waals surface area contributed by atoms with Gasteiger partial charge in [-0.2, -0.15) is 0 Å². The van der Waals surface area contributed by atoms with E-state index >= 15 is 0 Å². The first-order chi connectivity index (χ1) is 9.05. The SMILES string of the molecule is F[B-](F)(F)c1cncc(OCCc2cccnc2)c1.[K+]. The molecule has 2 aromatic heterocycles. The fourth-order valence-electron chi connectivity index (χ4n) is 1.53. The molecule has 8 heteroatoms. The molecule has 0 atom stereocenters. The van der Waals surface area contributed by atoms with Gasteiger partial charge >= 0.3 is 58.4 Å². The fourth-order valence-corrected chi connectivity index (χ4v) is 1.53. The monoisotopic (exact) mass is 306 g/mol. The van der Waals surface area contributed by atoms with Crippen LogP contribution in [0.15, 0.2) is 43.0 Å². The third kappa shape index (κ3) is 5.53. The Balaban J connectivity index is 0.00000200. The fraction of sp³-hybridized carbons (Fsp3) is 0.167. The van der Waals surface area contributed by atoms with Gasteiger partial charge < -0.3 is 17.7 Å². The van der Waals surface area contributed by atoms with Crippen LogP contribution in [0.4, 0.5) is 12.9 Å². The predicted molar refractivity (Wildman–Crippen MR) is 66.4 cm³/mol. The van der Waals surface area contributed by atoms with E-state index in [2.05, 4.69) is 9.97 Å². The second-order valence-corrected chi connectivity index (χ2v) is 3.99. The molecule has 0 aliphatic carbocycles. The summed E-state index contributed by atoms with van der Waals surface area (Å²) in [4.78, 5) is 7.48. The number of pyridine rings is 2. The Morgan fingerprint density at radius 3 is 2.55 bits per heavy atom. The molecule has 3 nitrogen and oxygen atoms in total. The van der Waals surface area contributed by atoms with E-state index in [0.717, 1.165) is 17.8 Å². The molecule has 2 heterocycles. The minimum absolute atomic E-state index is 0. The molecule has 0 bridgehead atoms. The molecule has 0 N–H and O–H groups in total. The molecule has 20 heavy (non-hydrogen) atoms. The third-order valence-electron chi connectivity index (χ3n) is 2.49. The van der Waals surface area contributed by atoms with Crippen LogP contribution in [0.25, 0.3) is 0 Å². The average molecular weight is 306 g/mol. The average Bonchev–Trinajstić information content (AvgIpc) is 2.39. The Kier molecular flexibility index (Phi) is 7.18. The van der Waals surface area contributed by atoms with E-state index in [1.807, 2.05) is 6.07 Å². The van der Waals surface area contributed by atoms with E-state index in [1.54, 1.807) is 18.5 Å². The van der Waals surface area contributed by atoms with Gasteiger partial charge in [-0.05, 0) is 17.7 Å². The van der Waals surface area contributed by atoms with E-state index in [9.17, 15) is 12.9 Å². The van der Waals surface area contributed by atoms with Crippen molar-refractivity contribution in [3.05, 3.63) is 48.5 Å². The van der Waals surface area contributed by atoms with Crippen LogP contribution in [0.3, 0.4) is 0 Å². The van der Waals surface area contributed by atoms with Crippen molar-refractivity contribution in [3.63, 3.8) is 0 Å². The largest absolute Gasteiger partial charge is 1.00 e. The summed E-state index contributed by atoms with van der Waals surface area (Å²) >= 11 is 0. The van der Waals surface area contributed by atoms with E-state index in [1.165, 1.54) is 6.20 Å². The van der Waals surface area contributed by atoms with E-state index in [0.29, 0.717) is 6.42 Å². The van der Waals surface area contributed by atoms with Gasteiger partial charge in [0.05, 0.1) is 12.8 Å². The first-order valence-corrected chi connectivity index (χ1v) is 5.72. The number of rotatable bonds is 5. The number of aromatic nitrogens is 2. The molecule has 2 rings (SSSR count). The van der Waals surface area contributed by atoms with Crippen LogP contribution in [0.5, 0.6) is 5.75 Å². The normalized spacial score (nSPS) is 10.8. The van der Waals surface area contributed by atoms with Crippen molar-refractivity contribution in [2.75, 3.05) is 6.61 Å². The van der Waals surface area contributed by atoms with Gasteiger partial charge in [-0.3, -0.25) is 9.97 Å².